The number of fused-ring (bicyclic) bond motifs is 1. The highest BCUT2D eigenvalue weighted by atomic mass is 32.2. The van der Waals surface area contributed by atoms with Gasteiger partial charge in [-0.3, -0.25) is 4.79 Å². The van der Waals surface area contributed by atoms with Crippen molar-refractivity contribution in [3.05, 3.63) is 65.5 Å². The van der Waals surface area contributed by atoms with Crippen molar-refractivity contribution in [1.82, 2.24) is 4.98 Å². The van der Waals surface area contributed by atoms with Crippen molar-refractivity contribution < 1.29 is 17.6 Å². The Morgan fingerprint density at radius 1 is 1.10 bits per heavy atom. The van der Waals surface area contributed by atoms with Crippen LogP contribution in [0.3, 0.4) is 0 Å². The number of oxazole rings is 1. The molecule has 7 heteroatoms. The molecule has 0 atom stereocenters. The normalized spacial score (nSPS) is 13.4. The molecular formula is C24H26N2O4S. The van der Waals surface area contributed by atoms with Crippen LogP contribution in [0, 0.1) is 0 Å². The van der Waals surface area contributed by atoms with Gasteiger partial charge in [0.2, 0.25) is 11.8 Å². The molecule has 1 amide bonds. The second kappa shape index (κ2) is 8.67. The molecule has 0 fully saturated rings. The lowest BCUT2D eigenvalue weighted by Crippen LogP contribution is -2.17. The number of rotatable bonds is 7. The molecule has 6 nitrogen and oxygen atoms in total. The van der Waals surface area contributed by atoms with Gasteiger partial charge in [-0.2, -0.15) is 0 Å². The Labute approximate surface area is 182 Å². The van der Waals surface area contributed by atoms with E-state index in [1.807, 2.05) is 32.0 Å². The van der Waals surface area contributed by atoms with Crippen molar-refractivity contribution >= 4 is 21.4 Å². The van der Waals surface area contributed by atoms with Crippen LogP contribution in [0.1, 0.15) is 49.5 Å². The van der Waals surface area contributed by atoms with Gasteiger partial charge in [0.05, 0.1) is 16.8 Å². The average Bonchev–Trinajstić information content (AvgIpc) is 3.42. The number of carbonyl (C=O) groups is 1. The van der Waals surface area contributed by atoms with Crippen LogP contribution in [0.25, 0.3) is 11.5 Å². The number of nitrogens with zero attached hydrogens (tertiary/aromatic N) is 1. The van der Waals surface area contributed by atoms with Crippen LogP contribution in [-0.4, -0.2) is 25.1 Å². The average molecular weight is 439 g/mol. The highest BCUT2D eigenvalue weighted by molar-refractivity contribution is 7.91. The van der Waals surface area contributed by atoms with Crippen LogP contribution in [0.5, 0.6) is 0 Å². The number of sulfone groups is 1. The van der Waals surface area contributed by atoms with E-state index in [0.717, 1.165) is 36.1 Å². The van der Waals surface area contributed by atoms with Crippen molar-refractivity contribution in [2.75, 3.05) is 11.1 Å². The molecule has 1 aromatic heterocycles. The summed E-state index contributed by atoms with van der Waals surface area (Å²) in [5.74, 6) is 1.05. The van der Waals surface area contributed by atoms with E-state index in [1.54, 1.807) is 30.5 Å². The summed E-state index contributed by atoms with van der Waals surface area (Å²) in [5, 5.41) is 2.76. The van der Waals surface area contributed by atoms with Gasteiger partial charge in [0.25, 0.3) is 0 Å². The standard InChI is InChI=1S/C24H26N2O4S/c1-16(2)22-15-25-24(30-22)18-6-9-20(10-7-18)26-23(27)12-13-31(28,29)21-11-8-17-4-3-5-19(17)14-21/h6-11,14-16H,3-5,12-13H2,1-2H3,(H,26,27). The number of amides is 1. The minimum absolute atomic E-state index is 0.0986. The molecule has 0 saturated carbocycles. The Hall–Kier alpha value is -2.93. The molecule has 0 radical (unpaired) electrons. The number of carbonyl (C=O) groups excluding carboxylic acids is 1. The van der Waals surface area contributed by atoms with E-state index in [4.69, 9.17) is 4.42 Å². The molecule has 0 bridgehead atoms. The maximum atomic E-state index is 12.6. The smallest absolute Gasteiger partial charge is 0.226 e. The van der Waals surface area contributed by atoms with Gasteiger partial charge >= 0.3 is 0 Å². The molecular weight excluding hydrogens is 412 g/mol. The van der Waals surface area contributed by atoms with Crippen LogP contribution < -0.4 is 5.32 Å². The zero-order valence-electron chi connectivity index (χ0n) is 17.7. The summed E-state index contributed by atoms with van der Waals surface area (Å²) in [6.45, 7) is 4.07. The highest BCUT2D eigenvalue weighted by Crippen LogP contribution is 2.26. The zero-order valence-corrected chi connectivity index (χ0v) is 18.5. The van der Waals surface area contributed by atoms with Gasteiger partial charge in [0, 0.05) is 23.6 Å². The third-order valence-electron chi connectivity index (χ3n) is 5.54. The predicted molar refractivity (Wildman–Crippen MR) is 120 cm³/mol. The molecule has 0 spiro atoms. The van der Waals surface area contributed by atoms with Gasteiger partial charge in [-0.15, -0.1) is 0 Å². The Morgan fingerprint density at radius 3 is 2.55 bits per heavy atom. The second-order valence-electron chi connectivity index (χ2n) is 8.20. The lowest BCUT2D eigenvalue weighted by atomic mass is 10.1. The van der Waals surface area contributed by atoms with Crippen LogP contribution in [0.2, 0.25) is 0 Å². The first kappa shape index (κ1) is 21.3. The first-order valence-electron chi connectivity index (χ1n) is 10.5. The molecule has 0 unspecified atom stereocenters. The van der Waals surface area contributed by atoms with Crippen molar-refractivity contribution in [1.29, 1.82) is 0 Å². The van der Waals surface area contributed by atoms with Crippen LogP contribution in [-0.2, 0) is 27.5 Å². The Balaban J connectivity index is 1.35. The summed E-state index contributed by atoms with van der Waals surface area (Å²) in [5.41, 5.74) is 3.74. The molecule has 162 valence electrons. The van der Waals surface area contributed by atoms with Crippen LogP contribution in [0.15, 0.2) is 58.0 Å². The number of aryl methyl sites for hydroxylation is 2. The summed E-state index contributed by atoms with van der Waals surface area (Å²) in [6, 6.07) is 12.4. The zero-order chi connectivity index (χ0) is 22.0. The van der Waals surface area contributed by atoms with Crippen molar-refractivity contribution in [2.24, 2.45) is 0 Å². The van der Waals surface area contributed by atoms with Gasteiger partial charge in [0.15, 0.2) is 9.84 Å². The van der Waals surface area contributed by atoms with Gasteiger partial charge in [-0.1, -0.05) is 19.9 Å². The quantitative estimate of drug-likeness (QED) is 0.575. The highest BCUT2D eigenvalue weighted by Gasteiger charge is 2.20. The molecule has 3 aromatic rings. The molecule has 1 aliphatic rings. The van der Waals surface area contributed by atoms with Gasteiger partial charge in [-0.05, 0) is 66.8 Å². The Bertz CT molecular complexity index is 1190. The Kier molecular flexibility index (Phi) is 5.96. The molecule has 0 aliphatic heterocycles. The van der Waals surface area contributed by atoms with E-state index in [1.165, 1.54) is 5.56 Å². The second-order valence-corrected chi connectivity index (χ2v) is 10.3. The summed E-state index contributed by atoms with van der Waals surface area (Å²) in [7, 11) is -3.50. The van der Waals surface area contributed by atoms with E-state index in [9.17, 15) is 13.2 Å². The number of anilines is 1. The summed E-state index contributed by atoms with van der Waals surface area (Å²) < 4.78 is 31.0. The number of hydrogen-bond donors (Lipinski definition) is 1. The summed E-state index contributed by atoms with van der Waals surface area (Å²) >= 11 is 0. The monoisotopic (exact) mass is 438 g/mol. The van der Waals surface area contributed by atoms with Crippen molar-refractivity contribution in [3.63, 3.8) is 0 Å². The van der Waals surface area contributed by atoms with E-state index in [0.29, 0.717) is 16.5 Å². The topological polar surface area (TPSA) is 89.3 Å². The number of aromatic nitrogens is 1. The fourth-order valence-corrected chi connectivity index (χ4v) is 4.98. The Morgan fingerprint density at radius 2 is 1.84 bits per heavy atom. The molecule has 0 saturated heterocycles. The first-order chi connectivity index (χ1) is 14.8. The fourth-order valence-electron chi connectivity index (χ4n) is 3.69. The third-order valence-corrected chi connectivity index (χ3v) is 7.25. The summed E-state index contributed by atoms with van der Waals surface area (Å²) in [4.78, 5) is 16.9. The number of hydrogen-bond acceptors (Lipinski definition) is 5. The minimum Gasteiger partial charge on any atom is -0.441 e. The van der Waals surface area contributed by atoms with Gasteiger partial charge in [-0.25, -0.2) is 13.4 Å². The molecule has 1 N–H and O–H groups in total. The van der Waals surface area contributed by atoms with E-state index in [-0.39, 0.29) is 24.0 Å². The van der Waals surface area contributed by atoms with Crippen molar-refractivity contribution in [3.8, 4) is 11.5 Å². The minimum atomic E-state index is -3.50. The van der Waals surface area contributed by atoms with Crippen LogP contribution in [0.4, 0.5) is 5.69 Å². The lowest BCUT2D eigenvalue weighted by Gasteiger charge is -2.08. The maximum Gasteiger partial charge on any atom is 0.226 e. The lowest BCUT2D eigenvalue weighted by molar-refractivity contribution is -0.115. The number of benzene rings is 2. The van der Waals surface area contributed by atoms with E-state index < -0.39 is 9.84 Å². The van der Waals surface area contributed by atoms with E-state index in [2.05, 4.69) is 10.3 Å². The molecule has 1 heterocycles. The first-order valence-corrected chi connectivity index (χ1v) is 12.2. The predicted octanol–water partition coefficient (Wildman–Crippen LogP) is 4.76. The number of nitrogens with one attached hydrogen (secondary N) is 1. The summed E-state index contributed by atoms with van der Waals surface area (Å²) in [6.07, 6.45) is 4.61. The van der Waals surface area contributed by atoms with Gasteiger partial charge < -0.3 is 9.73 Å². The molecule has 2 aromatic carbocycles. The molecule has 4 rings (SSSR count). The maximum absolute atomic E-state index is 12.6. The SMILES string of the molecule is CC(C)c1cnc(-c2ccc(NC(=O)CCS(=O)(=O)c3ccc4c(c3)CCC4)cc2)o1. The van der Waals surface area contributed by atoms with Gasteiger partial charge in [0.1, 0.15) is 5.76 Å². The van der Waals surface area contributed by atoms with Crippen molar-refractivity contribution in [2.45, 2.75) is 50.3 Å². The largest absolute Gasteiger partial charge is 0.441 e. The third kappa shape index (κ3) is 4.88. The van der Waals surface area contributed by atoms with Crippen LogP contribution >= 0.6 is 0 Å². The molecule has 1 aliphatic carbocycles. The fraction of sp³-hybridized carbons (Fsp3) is 0.333. The molecule has 31 heavy (non-hydrogen) atoms. The van der Waals surface area contributed by atoms with E-state index >= 15 is 0 Å².